The zero-order chi connectivity index (χ0) is 40.8. The lowest BCUT2D eigenvalue weighted by atomic mass is 10.1. The molecular formula is C43H67O11P. The molecule has 4 atom stereocenters. The molecule has 0 aliphatic heterocycles. The van der Waals surface area contributed by atoms with Gasteiger partial charge in [-0.15, -0.1) is 0 Å². The first-order valence-corrected chi connectivity index (χ1v) is 21.0. The molecule has 310 valence electrons. The van der Waals surface area contributed by atoms with Gasteiger partial charge in [0.25, 0.3) is 0 Å². The molecule has 5 N–H and O–H groups in total. The van der Waals surface area contributed by atoms with Crippen LogP contribution in [0, 0.1) is 0 Å². The highest BCUT2D eigenvalue weighted by atomic mass is 31.2. The van der Waals surface area contributed by atoms with Crippen LogP contribution in [0.4, 0.5) is 0 Å². The maximum absolute atomic E-state index is 12.4. The molecule has 0 rings (SSSR count). The highest BCUT2D eigenvalue weighted by Crippen LogP contribution is 2.36. The van der Waals surface area contributed by atoms with Crippen molar-refractivity contribution < 1.29 is 53.3 Å². The molecule has 0 aromatic heterocycles. The molecule has 0 saturated heterocycles. The average molecular weight is 791 g/mol. The normalized spacial score (nSPS) is 15.4. The number of carbonyl (C=O) groups excluding carboxylic acids is 2. The summed E-state index contributed by atoms with van der Waals surface area (Å²) >= 11 is 0. The summed E-state index contributed by atoms with van der Waals surface area (Å²) in [4.78, 5) is 42.8. The van der Waals surface area contributed by atoms with E-state index in [0.29, 0.717) is 19.3 Å². The molecule has 0 fully saturated rings. The van der Waals surface area contributed by atoms with Gasteiger partial charge in [-0.3, -0.25) is 14.1 Å². The Labute approximate surface area is 329 Å². The molecule has 0 heterocycles. The predicted molar refractivity (Wildman–Crippen MR) is 220 cm³/mol. The van der Waals surface area contributed by atoms with Crippen LogP contribution in [-0.4, -0.2) is 74.7 Å². The van der Waals surface area contributed by atoms with Gasteiger partial charge in [0.05, 0.1) is 24.9 Å². The van der Waals surface area contributed by atoms with E-state index in [1.165, 1.54) is 25.3 Å². The standard InChI is InChI=1S/C43H67O11P/c1-3-5-7-8-9-10-11-12-13-14-15-16-17-18-19-24-28-34-43(48)54-39(37-53-55(49,50)51)36-52-42(47)35-29-33-41(46)40(45)32-27-23-21-20-22-26-31-38(44)30-25-6-4-2/h6,9-10,12-13,15-16,18-23,25-27,31-32,38-41,44-46H,3-5,7-8,11,14,17,24,28-30,33-37H2,1-2H3,(H2,49,50,51)/b10-9-,13-12-,16-15-,19-18-,22-20+,23-21-,25-6-,31-26+,32-27-/t38-,39-,40+,41+/m1/s1. The lowest BCUT2D eigenvalue weighted by Gasteiger charge is -2.18. The maximum atomic E-state index is 12.4. The highest BCUT2D eigenvalue weighted by molar-refractivity contribution is 7.46. The van der Waals surface area contributed by atoms with E-state index in [0.717, 1.165) is 32.1 Å². The van der Waals surface area contributed by atoms with Crippen LogP contribution in [0.2, 0.25) is 0 Å². The summed E-state index contributed by atoms with van der Waals surface area (Å²) in [5.74, 6) is -1.30. The van der Waals surface area contributed by atoms with E-state index in [1.54, 1.807) is 42.5 Å². The lowest BCUT2D eigenvalue weighted by molar-refractivity contribution is -0.161. The fraction of sp³-hybridized carbons (Fsp3) is 0.535. The van der Waals surface area contributed by atoms with Crippen LogP contribution in [0.3, 0.4) is 0 Å². The Bertz CT molecular complexity index is 1300. The monoisotopic (exact) mass is 790 g/mol. The fourth-order valence-corrected chi connectivity index (χ4v) is 4.95. The number of carbonyl (C=O) groups is 2. The number of esters is 2. The number of allylic oxidation sites excluding steroid dienone is 15. The number of aliphatic hydroxyl groups excluding tert-OH is 3. The average Bonchev–Trinajstić information content (AvgIpc) is 3.14. The Morgan fingerprint density at radius 2 is 1.20 bits per heavy atom. The number of hydrogen-bond donors (Lipinski definition) is 5. The van der Waals surface area contributed by atoms with Crippen molar-refractivity contribution in [3.63, 3.8) is 0 Å². The van der Waals surface area contributed by atoms with Gasteiger partial charge < -0.3 is 34.6 Å². The molecule has 0 aliphatic rings. The van der Waals surface area contributed by atoms with Crippen molar-refractivity contribution >= 4 is 19.8 Å². The zero-order valence-corrected chi connectivity index (χ0v) is 33.7. The van der Waals surface area contributed by atoms with E-state index < -0.39 is 57.4 Å². The molecular weight excluding hydrogens is 723 g/mol. The van der Waals surface area contributed by atoms with Crippen molar-refractivity contribution in [1.29, 1.82) is 0 Å². The Morgan fingerprint density at radius 3 is 1.80 bits per heavy atom. The summed E-state index contributed by atoms with van der Waals surface area (Å²) < 4.78 is 26.1. The van der Waals surface area contributed by atoms with Crippen molar-refractivity contribution in [3.05, 3.63) is 109 Å². The molecule has 11 nitrogen and oxygen atoms in total. The van der Waals surface area contributed by atoms with Crippen LogP contribution >= 0.6 is 7.82 Å². The number of aliphatic hydroxyl groups is 3. The van der Waals surface area contributed by atoms with E-state index in [1.807, 2.05) is 31.2 Å². The van der Waals surface area contributed by atoms with Gasteiger partial charge in [0.2, 0.25) is 0 Å². The van der Waals surface area contributed by atoms with E-state index in [4.69, 9.17) is 19.3 Å². The summed E-state index contributed by atoms with van der Waals surface area (Å²) in [5, 5.41) is 30.2. The van der Waals surface area contributed by atoms with Crippen molar-refractivity contribution in [3.8, 4) is 0 Å². The predicted octanol–water partition coefficient (Wildman–Crippen LogP) is 8.53. The Morgan fingerprint density at radius 1 is 0.636 bits per heavy atom. The van der Waals surface area contributed by atoms with Gasteiger partial charge in [0.15, 0.2) is 6.10 Å². The SMILES string of the molecule is CC/C=C\C[C@@H](O)/C=C/C=C/C=C\C=C/[C@H](O)[C@@H](O)CCCC(=O)OC[C@H](COP(=O)(O)O)OC(=O)CCC/C=C\C/C=C\C/C=C\C/C=C\CCCCC. The smallest absolute Gasteiger partial charge is 0.462 e. The van der Waals surface area contributed by atoms with Crippen LogP contribution in [0.5, 0.6) is 0 Å². The fourth-order valence-electron chi connectivity index (χ4n) is 4.59. The van der Waals surface area contributed by atoms with Crippen LogP contribution in [0.1, 0.15) is 110 Å². The highest BCUT2D eigenvalue weighted by Gasteiger charge is 2.23. The molecule has 55 heavy (non-hydrogen) atoms. The summed E-state index contributed by atoms with van der Waals surface area (Å²) in [7, 11) is -4.86. The number of unbranched alkanes of at least 4 members (excludes halogenated alkanes) is 4. The number of hydrogen-bond acceptors (Lipinski definition) is 9. The number of phosphoric acid groups is 1. The van der Waals surface area contributed by atoms with Crippen LogP contribution in [0.15, 0.2) is 109 Å². The van der Waals surface area contributed by atoms with Crippen molar-refractivity contribution in [2.45, 2.75) is 135 Å². The summed E-state index contributed by atoms with van der Waals surface area (Å²) in [5.41, 5.74) is 0. The molecule has 0 radical (unpaired) electrons. The largest absolute Gasteiger partial charge is 0.469 e. The third-order valence-electron chi connectivity index (χ3n) is 7.62. The summed E-state index contributed by atoms with van der Waals surface area (Å²) in [6, 6.07) is 0. The molecule has 0 aliphatic carbocycles. The molecule has 0 amide bonds. The molecule has 0 saturated carbocycles. The second-order valence-corrected chi connectivity index (χ2v) is 14.0. The van der Waals surface area contributed by atoms with Crippen LogP contribution in [-0.2, 0) is 28.2 Å². The van der Waals surface area contributed by atoms with Gasteiger partial charge in [-0.25, -0.2) is 4.57 Å². The van der Waals surface area contributed by atoms with E-state index in [9.17, 15) is 29.5 Å². The molecule has 0 aromatic rings. The first-order valence-electron chi connectivity index (χ1n) is 19.5. The van der Waals surface area contributed by atoms with E-state index >= 15 is 0 Å². The van der Waals surface area contributed by atoms with Gasteiger partial charge in [-0.1, -0.05) is 136 Å². The lowest BCUT2D eigenvalue weighted by Crippen LogP contribution is -2.29. The third-order valence-corrected chi connectivity index (χ3v) is 8.10. The van der Waals surface area contributed by atoms with E-state index in [2.05, 4.69) is 47.9 Å². The molecule has 0 aromatic carbocycles. The first-order chi connectivity index (χ1) is 26.5. The van der Waals surface area contributed by atoms with Gasteiger partial charge in [0, 0.05) is 12.8 Å². The summed E-state index contributed by atoms with van der Waals surface area (Å²) in [6.45, 7) is 3.10. The van der Waals surface area contributed by atoms with Crippen LogP contribution in [0.25, 0.3) is 0 Å². The molecule has 0 unspecified atom stereocenters. The third kappa shape index (κ3) is 37.3. The van der Waals surface area contributed by atoms with Crippen molar-refractivity contribution in [2.24, 2.45) is 0 Å². The first kappa shape index (κ1) is 51.6. The molecule has 0 spiro atoms. The molecule has 12 heteroatoms. The Hall–Kier alpha value is -3.41. The minimum atomic E-state index is -4.86. The van der Waals surface area contributed by atoms with Crippen molar-refractivity contribution in [2.75, 3.05) is 13.2 Å². The van der Waals surface area contributed by atoms with Crippen LogP contribution < -0.4 is 0 Å². The minimum Gasteiger partial charge on any atom is -0.462 e. The minimum absolute atomic E-state index is 0.0549. The summed E-state index contributed by atoms with van der Waals surface area (Å²) in [6.07, 6.45) is 40.5. The number of phosphoric ester groups is 1. The topological polar surface area (TPSA) is 180 Å². The van der Waals surface area contributed by atoms with Gasteiger partial charge in [0.1, 0.15) is 6.61 Å². The van der Waals surface area contributed by atoms with E-state index in [-0.39, 0.29) is 25.7 Å². The Kier molecular flexibility index (Phi) is 34.0. The molecule has 0 bridgehead atoms. The van der Waals surface area contributed by atoms with Gasteiger partial charge in [-0.2, -0.15) is 0 Å². The number of ether oxygens (including phenoxy) is 2. The van der Waals surface area contributed by atoms with Gasteiger partial charge >= 0.3 is 19.8 Å². The zero-order valence-electron chi connectivity index (χ0n) is 32.9. The Balaban J connectivity index is 4.42. The maximum Gasteiger partial charge on any atom is 0.469 e. The quantitative estimate of drug-likeness (QED) is 0.0141. The van der Waals surface area contributed by atoms with Gasteiger partial charge in [-0.05, 0) is 70.6 Å². The van der Waals surface area contributed by atoms with Crippen molar-refractivity contribution in [1.82, 2.24) is 0 Å². The number of rotatable bonds is 33. The second-order valence-electron chi connectivity index (χ2n) is 12.7. The second kappa shape index (κ2) is 36.2.